The Labute approximate surface area is 96.0 Å². The zero-order valence-corrected chi connectivity index (χ0v) is 9.04. The summed E-state index contributed by atoms with van der Waals surface area (Å²) in [4.78, 5) is 0. The van der Waals surface area contributed by atoms with E-state index in [2.05, 4.69) is 5.16 Å². The highest BCUT2D eigenvalue weighted by molar-refractivity contribution is 5.61. The number of hydrogen-bond donors (Lipinski definition) is 1. The second-order valence-electron chi connectivity index (χ2n) is 3.44. The van der Waals surface area contributed by atoms with Crippen LogP contribution in [0, 0.1) is 11.6 Å². The molecule has 1 heterocycles. The summed E-state index contributed by atoms with van der Waals surface area (Å²) >= 11 is 0. The predicted octanol–water partition coefficient (Wildman–Crippen LogP) is 2.35. The summed E-state index contributed by atoms with van der Waals surface area (Å²) in [5.74, 6) is -1.11. The SMILES string of the molecule is COCc1c(F)ccc(-c2cc(N)no2)c1F. The molecule has 1 aromatic heterocycles. The van der Waals surface area contributed by atoms with Crippen molar-refractivity contribution in [2.75, 3.05) is 12.8 Å². The molecule has 17 heavy (non-hydrogen) atoms. The van der Waals surface area contributed by atoms with Gasteiger partial charge in [0.25, 0.3) is 0 Å². The van der Waals surface area contributed by atoms with E-state index in [1.807, 2.05) is 0 Å². The van der Waals surface area contributed by atoms with Crippen LogP contribution >= 0.6 is 0 Å². The fourth-order valence-corrected chi connectivity index (χ4v) is 1.48. The van der Waals surface area contributed by atoms with Gasteiger partial charge in [0.2, 0.25) is 0 Å². The third-order valence-electron chi connectivity index (χ3n) is 2.27. The number of ether oxygens (including phenoxy) is 1. The van der Waals surface area contributed by atoms with E-state index in [1.54, 1.807) is 0 Å². The number of rotatable bonds is 3. The molecule has 0 aliphatic heterocycles. The van der Waals surface area contributed by atoms with E-state index in [9.17, 15) is 8.78 Å². The van der Waals surface area contributed by atoms with Crippen molar-refractivity contribution in [3.05, 3.63) is 35.4 Å². The van der Waals surface area contributed by atoms with Gasteiger partial charge in [0, 0.05) is 18.7 Å². The van der Waals surface area contributed by atoms with Crippen molar-refractivity contribution in [2.45, 2.75) is 6.61 Å². The summed E-state index contributed by atoms with van der Waals surface area (Å²) in [6.45, 7) is -0.158. The van der Waals surface area contributed by atoms with Gasteiger partial charge in [-0.2, -0.15) is 0 Å². The molecule has 0 saturated heterocycles. The minimum Gasteiger partial charge on any atom is -0.381 e. The van der Waals surface area contributed by atoms with E-state index in [0.717, 1.165) is 6.07 Å². The monoisotopic (exact) mass is 240 g/mol. The molecule has 90 valence electrons. The van der Waals surface area contributed by atoms with E-state index in [1.165, 1.54) is 19.2 Å². The number of anilines is 1. The first-order chi connectivity index (χ1) is 8.13. The standard InChI is InChI=1S/C11H10F2N2O2/c1-16-5-7-8(12)3-2-6(11(7)13)9-4-10(14)15-17-9/h2-4H,5H2,1H3,(H2,14,15). The first kappa shape index (κ1) is 11.5. The second-order valence-corrected chi connectivity index (χ2v) is 3.44. The molecule has 0 spiro atoms. The van der Waals surface area contributed by atoms with Crippen molar-refractivity contribution in [3.8, 4) is 11.3 Å². The first-order valence-electron chi connectivity index (χ1n) is 4.82. The van der Waals surface area contributed by atoms with Crippen molar-refractivity contribution in [3.63, 3.8) is 0 Å². The van der Waals surface area contributed by atoms with E-state index in [4.69, 9.17) is 15.0 Å². The fourth-order valence-electron chi connectivity index (χ4n) is 1.48. The first-order valence-corrected chi connectivity index (χ1v) is 4.82. The number of halogens is 2. The molecule has 6 heteroatoms. The predicted molar refractivity (Wildman–Crippen MR) is 57.0 cm³/mol. The molecule has 1 aromatic carbocycles. The van der Waals surface area contributed by atoms with E-state index in [0.29, 0.717) is 0 Å². The van der Waals surface area contributed by atoms with Gasteiger partial charge in [-0.15, -0.1) is 0 Å². The third-order valence-corrected chi connectivity index (χ3v) is 2.27. The zero-order chi connectivity index (χ0) is 12.4. The molecule has 0 bridgehead atoms. The molecule has 2 rings (SSSR count). The minimum absolute atomic E-state index is 0.0997. The highest BCUT2D eigenvalue weighted by Gasteiger charge is 2.17. The summed E-state index contributed by atoms with van der Waals surface area (Å²) in [5, 5.41) is 3.44. The average Bonchev–Trinajstić information content (AvgIpc) is 2.71. The molecule has 0 amide bonds. The number of benzene rings is 1. The van der Waals surface area contributed by atoms with Crippen LogP contribution in [-0.4, -0.2) is 12.3 Å². The minimum atomic E-state index is -0.733. The molecule has 2 aromatic rings. The molecule has 2 N–H and O–H groups in total. The van der Waals surface area contributed by atoms with Gasteiger partial charge in [-0.1, -0.05) is 5.16 Å². The van der Waals surface area contributed by atoms with Gasteiger partial charge >= 0.3 is 0 Å². The lowest BCUT2D eigenvalue weighted by atomic mass is 10.1. The van der Waals surface area contributed by atoms with Crippen LogP contribution in [0.1, 0.15) is 5.56 Å². The van der Waals surface area contributed by atoms with Crippen molar-refractivity contribution in [1.82, 2.24) is 5.16 Å². The Morgan fingerprint density at radius 2 is 2.18 bits per heavy atom. The van der Waals surface area contributed by atoms with Crippen LogP contribution in [0.3, 0.4) is 0 Å². The van der Waals surface area contributed by atoms with Gasteiger partial charge in [-0.05, 0) is 12.1 Å². The summed E-state index contributed by atoms with van der Waals surface area (Å²) < 4.78 is 36.9. The molecule has 0 atom stereocenters. The third kappa shape index (κ3) is 2.12. The summed E-state index contributed by atoms with van der Waals surface area (Å²) in [6.07, 6.45) is 0. The Bertz CT molecular complexity index is 540. The van der Waals surface area contributed by atoms with Crippen LogP contribution in [0.25, 0.3) is 11.3 Å². The topological polar surface area (TPSA) is 61.3 Å². The lowest BCUT2D eigenvalue weighted by Crippen LogP contribution is -1.99. The Morgan fingerprint density at radius 3 is 2.76 bits per heavy atom. The number of hydrogen-bond acceptors (Lipinski definition) is 4. The van der Waals surface area contributed by atoms with Crippen LogP contribution in [0.15, 0.2) is 22.7 Å². The van der Waals surface area contributed by atoms with Gasteiger partial charge < -0.3 is 15.0 Å². The second kappa shape index (κ2) is 4.50. The molecular weight excluding hydrogens is 230 g/mol. The zero-order valence-electron chi connectivity index (χ0n) is 9.04. The Balaban J connectivity index is 2.52. The largest absolute Gasteiger partial charge is 0.381 e. The Morgan fingerprint density at radius 1 is 1.41 bits per heavy atom. The molecule has 4 nitrogen and oxygen atoms in total. The lowest BCUT2D eigenvalue weighted by Gasteiger charge is -2.06. The molecule has 0 fully saturated rings. The summed E-state index contributed by atoms with van der Waals surface area (Å²) in [7, 11) is 1.36. The lowest BCUT2D eigenvalue weighted by molar-refractivity contribution is 0.177. The molecule has 0 radical (unpaired) electrons. The van der Waals surface area contributed by atoms with Crippen molar-refractivity contribution in [2.24, 2.45) is 0 Å². The molecular formula is C11H10F2N2O2. The molecule has 0 unspecified atom stereocenters. The van der Waals surface area contributed by atoms with E-state index in [-0.39, 0.29) is 29.3 Å². The summed E-state index contributed by atoms with van der Waals surface area (Å²) in [5.41, 5.74) is 5.31. The van der Waals surface area contributed by atoms with Gasteiger partial charge in [-0.3, -0.25) is 0 Å². The maximum atomic E-state index is 14.0. The Kier molecular flexibility index (Phi) is 3.06. The summed E-state index contributed by atoms with van der Waals surface area (Å²) in [6, 6.07) is 3.78. The number of nitrogen functional groups attached to an aromatic ring is 1. The molecule has 0 aliphatic rings. The highest BCUT2D eigenvalue weighted by Crippen LogP contribution is 2.28. The normalized spacial score (nSPS) is 10.8. The van der Waals surface area contributed by atoms with Gasteiger partial charge in [0.05, 0.1) is 12.2 Å². The van der Waals surface area contributed by atoms with Crippen LogP contribution in [-0.2, 0) is 11.3 Å². The molecule has 0 aliphatic carbocycles. The van der Waals surface area contributed by atoms with Gasteiger partial charge in [-0.25, -0.2) is 8.78 Å². The Hall–Kier alpha value is -1.95. The van der Waals surface area contributed by atoms with E-state index < -0.39 is 11.6 Å². The van der Waals surface area contributed by atoms with Crippen molar-refractivity contribution < 1.29 is 18.0 Å². The molecule has 0 saturated carbocycles. The number of nitrogens with zero attached hydrogens (tertiary/aromatic N) is 1. The maximum Gasteiger partial charge on any atom is 0.172 e. The maximum absolute atomic E-state index is 14.0. The number of methoxy groups -OCH3 is 1. The quantitative estimate of drug-likeness (QED) is 0.894. The fraction of sp³-hybridized carbons (Fsp3) is 0.182. The van der Waals surface area contributed by atoms with Gasteiger partial charge in [0.1, 0.15) is 11.6 Å². The van der Waals surface area contributed by atoms with E-state index >= 15 is 0 Å². The van der Waals surface area contributed by atoms with Crippen LogP contribution in [0.4, 0.5) is 14.6 Å². The number of aromatic nitrogens is 1. The number of nitrogens with two attached hydrogens (primary N) is 1. The van der Waals surface area contributed by atoms with Crippen LogP contribution < -0.4 is 5.73 Å². The average molecular weight is 240 g/mol. The van der Waals surface area contributed by atoms with Crippen molar-refractivity contribution >= 4 is 5.82 Å². The smallest absolute Gasteiger partial charge is 0.172 e. The van der Waals surface area contributed by atoms with Crippen molar-refractivity contribution in [1.29, 1.82) is 0 Å². The van der Waals surface area contributed by atoms with Crippen LogP contribution in [0.2, 0.25) is 0 Å². The van der Waals surface area contributed by atoms with Crippen LogP contribution in [0.5, 0.6) is 0 Å². The van der Waals surface area contributed by atoms with Gasteiger partial charge in [0.15, 0.2) is 11.6 Å². The highest BCUT2D eigenvalue weighted by atomic mass is 19.1.